The molecule has 0 radical (unpaired) electrons. The number of hydrogen-bond acceptors (Lipinski definition) is 5. The van der Waals surface area contributed by atoms with E-state index in [9.17, 15) is 22.0 Å². The monoisotopic (exact) mass is 430 g/mol. The number of nitrogens with one attached hydrogen (secondary N) is 1. The zero-order chi connectivity index (χ0) is 20.7. The van der Waals surface area contributed by atoms with Crippen LogP contribution in [0.1, 0.15) is 0 Å². The Kier molecular flexibility index (Phi) is 7.78. The summed E-state index contributed by atoms with van der Waals surface area (Å²) in [5.41, 5.74) is 0. The largest absolute Gasteiger partial charge is 0.478 e. The third kappa shape index (κ3) is 6.18. The SMILES string of the molecule is CN(C)C(=O)COc1c(F)cc(SCCNS(=O)(=O)c2ccccc2)cc1F. The third-order valence-corrected chi connectivity index (χ3v) is 5.98. The topological polar surface area (TPSA) is 75.7 Å². The molecule has 0 unspecified atom stereocenters. The van der Waals surface area contributed by atoms with E-state index >= 15 is 0 Å². The summed E-state index contributed by atoms with van der Waals surface area (Å²) in [5, 5.41) is 0. The highest BCUT2D eigenvalue weighted by molar-refractivity contribution is 7.99. The lowest BCUT2D eigenvalue weighted by atomic mass is 10.3. The Hall–Kier alpha value is -2.17. The van der Waals surface area contributed by atoms with Crippen LogP contribution in [-0.4, -0.2) is 52.2 Å². The number of likely N-dealkylation sites (N-methyl/N-ethyl adjacent to an activating group) is 1. The van der Waals surface area contributed by atoms with Gasteiger partial charge in [0.05, 0.1) is 4.90 Å². The van der Waals surface area contributed by atoms with Crippen LogP contribution in [0.4, 0.5) is 8.78 Å². The first-order valence-corrected chi connectivity index (χ1v) is 10.7. The van der Waals surface area contributed by atoms with E-state index in [-0.39, 0.29) is 22.1 Å². The maximum Gasteiger partial charge on any atom is 0.259 e. The van der Waals surface area contributed by atoms with Crippen molar-refractivity contribution in [2.24, 2.45) is 0 Å². The van der Waals surface area contributed by atoms with Gasteiger partial charge in [-0.2, -0.15) is 0 Å². The molecule has 10 heteroatoms. The summed E-state index contributed by atoms with van der Waals surface area (Å²) >= 11 is 1.08. The van der Waals surface area contributed by atoms with Crippen molar-refractivity contribution in [1.82, 2.24) is 9.62 Å². The first-order chi connectivity index (χ1) is 13.2. The summed E-state index contributed by atoms with van der Waals surface area (Å²) in [7, 11) is -0.619. The van der Waals surface area contributed by atoms with Gasteiger partial charge in [-0.15, -0.1) is 11.8 Å². The fourth-order valence-electron chi connectivity index (χ4n) is 2.05. The summed E-state index contributed by atoms with van der Waals surface area (Å²) in [6, 6.07) is 10.0. The second kappa shape index (κ2) is 9.85. The highest BCUT2D eigenvalue weighted by Gasteiger charge is 2.16. The lowest BCUT2D eigenvalue weighted by molar-refractivity contribution is -0.130. The molecule has 2 aromatic carbocycles. The number of hydrogen-bond donors (Lipinski definition) is 1. The van der Waals surface area contributed by atoms with E-state index < -0.39 is 39.9 Å². The fraction of sp³-hybridized carbons (Fsp3) is 0.278. The van der Waals surface area contributed by atoms with Gasteiger partial charge in [0.2, 0.25) is 10.0 Å². The third-order valence-electron chi connectivity index (χ3n) is 3.53. The van der Waals surface area contributed by atoms with Gasteiger partial charge in [-0.05, 0) is 24.3 Å². The maximum absolute atomic E-state index is 14.1. The van der Waals surface area contributed by atoms with Gasteiger partial charge >= 0.3 is 0 Å². The predicted octanol–water partition coefficient (Wildman–Crippen LogP) is 2.50. The predicted molar refractivity (Wildman–Crippen MR) is 103 cm³/mol. The molecule has 28 heavy (non-hydrogen) atoms. The van der Waals surface area contributed by atoms with Crippen LogP contribution in [0.5, 0.6) is 5.75 Å². The van der Waals surface area contributed by atoms with Gasteiger partial charge in [0.15, 0.2) is 24.0 Å². The second-order valence-electron chi connectivity index (χ2n) is 5.85. The average Bonchev–Trinajstić information content (AvgIpc) is 2.65. The normalized spacial score (nSPS) is 11.3. The van der Waals surface area contributed by atoms with Crippen molar-refractivity contribution in [1.29, 1.82) is 0 Å². The lowest BCUT2D eigenvalue weighted by Crippen LogP contribution is -2.27. The Morgan fingerprint density at radius 3 is 2.32 bits per heavy atom. The average molecular weight is 430 g/mol. The zero-order valence-electron chi connectivity index (χ0n) is 15.3. The number of carbonyl (C=O) groups excluding carboxylic acids is 1. The number of carbonyl (C=O) groups is 1. The van der Waals surface area contributed by atoms with Crippen molar-refractivity contribution >= 4 is 27.7 Å². The van der Waals surface area contributed by atoms with Crippen LogP contribution in [0.3, 0.4) is 0 Å². The van der Waals surface area contributed by atoms with Gasteiger partial charge < -0.3 is 9.64 Å². The van der Waals surface area contributed by atoms with E-state index in [4.69, 9.17) is 4.74 Å². The number of halogens is 2. The first-order valence-electron chi connectivity index (χ1n) is 8.20. The van der Waals surface area contributed by atoms with Crippen LogP contribution < -0.4 is 9.46 Å². The van der Waals surface area contributed by atoms with Crippen molar-refractivity contribution in [3.8, 4) is 5.75 Å². The van der Waals surface area contributed by atoms with Crippen molar-refractivity contribution < 1.29 is 26.7 Å². The number of nitrogens with zero attached hydrogens (tertiary/aromatic N) is 1. The van der Waals surface area contributed by atoms with Crippen LogP contribution in [0, 0.1) is 11.6 Å². The molecule has 152 valence electrons. The molecule has 2 rings (SSSR count). The van der Waals surface area contributed by atoms with Gasteiger partial charge in [0.1, 0.15) is 0 Å². The van der Waals surface area contributed by atoms with E-state index in [2.05, 4.69) is 4.72 Å². The van der Waals surface area contributed by atoms with Crippen molar-refractivity contribution in [2.75, 3.05) is 33.0 Å². The Bertz CT molecular complexity index is 899. The van der Waals surface area contributed by atoms with Crippen LogP contribution in [-0.2, 0) is 14.8 Å². The number of ether oxygens (including phenoxy) is 1. The Labute approximate surface area is 166 Å². The number of amides is 1. The molecule has 1 amide bonds. The molecule has 0 fully saturated rings. The standard InChI is InChI=1S/C18H20F2N2O4S2/c1-22(2)17(23)12-26-18-15(19)10-13(11-16(18)20)27-9-8-21-28(24,25)14-6-4-3-5-7-14/h3-7,10-11,21H,8-9,12H2,1-2H3. The molecule has 0 aliphatic carbocycles. The van der Waals surface area contributed by atoms with E-state index in [1.54, 1.807) is 18.2 Å². The van der Waals surface area contributed by atoms with Crippen LogP contribution >= 0.6 is 11.8 Å². The quantitative estimate of drug-likeness (QED) is 0.489. The molecule has 6 nitrogen and oxygen atoms in total. The smallest absolute Gasteiger partial charge is 0.259 e. The van der Waals surface area contributed by atoms with Gasteiger partial charge in [0.25, 0.3) is 5.91 Å². The molecule has 0 spiro atoms. The molecule has 0 aliphatic rings. The molecule has 0 atom stereocenters. The van der Waals surface area contributed by atoms with Gasteiger partial charge in [-0.25, -0.2) is 21.9 Å². The minimum Gasteiger partial charge on any atom is -0.478 e. The highest BCUT2D eigenvalue weighted by atomic mass is 32.2. The number of thioether (sulfide) groups is 1. The van der Waals surface area contributed by atoms with Crippen LogP contribution in [0.25, 0.3) is 0 Å². The molecular formula is C18H20F2N2O4S2. The van der Waals surface area contributed by atoms with Crippen LogP contribution in [0.15, 0.2) is 52.3 Å². The number of sulfonamides is 1. The Balaban J connectivity index is 1.90. The van der Waals surface area contributed by atoms with Gasteiger partial charge in [-0.3, -0.25) is 4.79 Å². The molecule has 0 aromatic heterocycles. The minimum absolute atomic E-state index is 0.0840. The summed E-state index contributed by atoms with van der Waals surface area (Å²) in [5.74, 6) is -2.64. The number of rotatable bonds is 9. The van der Waals surface area contributed by atoms with E-state index in [0.717, 1.165) is 23.9 Å². The Morgan fingerprint density at radius 2 is 1.75 bits per heavy atom. The lowest BCUT2D eigenvalue weighted by Gasteiger charge is -2.13. The minimum atomic E-state index is -3.63. The number of benzene rings is 2. The summed E-state index contributed by atoms with van der Waals surface area (Å²) < 4.78 is 59.7. The van der Waals surface area contributed by atoms with E-state index in [1.807, 2.05) is 0 Å². The molecule has 2 aromatic rings. The van der Waals surface area contributed by atoms with E-state index in [0.29, 0.717) is 0 Å². The van der Waals surface area contributed by atoms with Crippen molar-refractivity contribution in [2.45, 2.75) is 9.79 Å². The first kappa shape index (κ1) is 22.1. The highest BCUT2D eigenvalue weighted by Crippen LogP contribution is 2.28. The maximum atomic E-state index is 14.1. The summed E-state index contributed by atoms with van der Waals surface area (Å²) in [4.78, 5) is 13.1. The van der Waals surface area contributed by atoms with Crippen molar-refractivity contribution in [3.05, 3.63) is 54.1 Å². The fourth-order valence-corrected chi connectivity index (χ4v) is 4.04. The van der Waals surface area contributed by atoms with E-state index in [1.165, 1.54) is 31.1 Å². The molecule has 0 heterocycles. The zero-order valence-corrected chi connectivity index (χ0v) is 16.9. The van der Waals surface area contributed by atoms with Gasteiger partial charge in [-0.1, -0.05) is 18.2 Å². The molecule has 1 N–H and O–H groups in total. The molecule has 0 bridgehead atoms. The Morgan fingerprint density at radius 1 is 1.14 bits per heavy atom. The van der Waals surface area contributed by atoms with Crippen LogP contribution in [0.2, 0.25) is 0 Å². The van der Waals surface area contributed by atoms with Crippen molar-refractivity contribution in [3.63, 3.8) is 0 Å². The molecule has 0 aliphatic heterocycles. The van der Waals surface area contributed by atoms with Gasteiger partial charge in [0, 0.05) is 31.3 Å². The molecular weight excluding hydrogens is 410 g/mol. The summed E-state index contributed by atoms with van der Waals surface area (Å²) in [6.45, 7) is -0.394. The molecule has 0 saturated heterocycles. The molecule has 0 saturated carbocycles. The summed E-state index contributed by atoms with van der Waals surface area (Å²) in [6.07, 6.45) is 0. The second-order valence-corrected chi connectivity index (χ2v) is 8.79.